The second-order valence-electron chi connectivity index (χ2n) is 7.45. The van der Waals surface area contributed by atoms with Gasteiger partial charge < -0.3 is 24.6 Å². The zero-order valence-corrected chi connectivity index (χ0v) is 18.2. The van der Waals surface area contributed by atoms with E-state index in [0.717, 1.165) is 0 Å². The first-order chi connectivity index (χ1) is 13.8. The van der Waals surface area contributed by atoms with Crippen LogP contribution in [0.15, 0.2) is 11.1 Å². The van der Waals surface area contributed by atoms with Gasteiger partial charge in [-0.15, -0.1) is 0 Å². The highest BCUT2D eigenvalue weighted by molar-refractivity contribution is 7.44. The molecule has 1 unspecified atom stereocenters. The Morgan fingerprint density at radius 1 is 1.45 bits per heavy atom. The monoisotopic (exact) mass is 428 g/mol. The van der Waals surface area contributed by atoms with Crippen LogP contribution in [0.4, 0.5) is 5.95 Å². The third-order valence-corrected chi connectivity index (χ3v) is 6.81. The van der Waals surface area contributed by atoms with Crippen LogP contribution >= 0.6 is 8.53 Å². The fourth-order valence-electron chi connectivity index (χ4n) is 3.58. The van der Waals surface area contributed by atoms with Gasteiger partial charge >= 0.3 is 0 Å². The lowest BCUT2D eigenvalue weighted by Gasteiger charge is -2.36. The van der Waals surface area contributed by atoms with Gasteiger partial charge in [0.15, 0.2) is 11.2 Å². The van der Waals surface area contributed by atoms with Crippen molar-refractivity contribution in [3.8, 4) is 0 Å². The van der Waals surface area contributed by atoms with Crippen LogP contribution in [-0.4, -0.2) is 67.3 Å². The molecule has 0 saturated carbocycles. The maximum Gasteiger partial charge on any atom is 0.280 e. The third kappa shape index (κ3) is 4.45. The fourth-order valence-corrected chi connectivity index (χ4v) is 5.17. The minimum Gasteiger partial charge on any atom is -0.394 e. The average Bonchev–Trinajstić information content (AvgIpc) is 3.24. The smallest absolute Gasteiger partial charge is 0.280 e. The van der Waals surface area contributed by atoms with Crippen LogP contribution in [0.25, 0.3) is 11.2 Å². The highest BCUT2D eigenvalue weighted by Gasteiger charge is 2.41. The summed E-state index contributed by atoms with van der Waals surface area (Å²) in [6.45, 7) is 8.13. The number of nitrogen functional groups attached to an aromatic ring is 1. The highest BCUT2D eigenvalue weighted by Crippen LogP contribution is 2.49. The molecular formula is C17H29N6O5P. The number of aromatic amines is 1. The summed E-state index contributed by atoms with van der Waals surface area (Å²) in [5.74, 6) is 0.00108. The molecule has 3 heterocycles. The molecule has 0 radical (unpaired) electrons. The molecule has 3 rings (SSSR count). The Morgan fingerprint density at radius 2 is 2.14 bits per heavy atom. The Hall–Kier alpha value is -1.62. The van der Waals surface area contributed by atoms with Crippen LogP contribution in [0, 0.1) is 0 Å². The van der Waals surface area contributed by atoms with E-state index in [1.165, 1.54) is 6.33 Å². The van der Waals surface area contributed by atoms with Crippen molar-refractivity contribution in [2.75, 3.05) is 19.5 Å². The van der Waals surface area contributed by atoms with Crippen LogP contribution in [-0.2, 0) is 13.8 Å². The molecule has 1 aliphatic rings. The van der Waals surface area contributed by atoms with E-state index in [0.29, 0.717) is 12.1 Å². The van der Waals surface area contributed by atoms with E-state index in [2.05, 4.69) is 47.3 Å². The standard InChI is InChI=1S/C17H29N6O5P/c1-9(2)23(10(3)4)29(26-5)28-11-6-13(27-12(11)7-24)22-8-19-14-15(22)20-17(18)21-16(14)25/h8-13,24H,6-7H2,1-5H3,(H3,18,20,21,25)/t11-,12+,13+,29?/m0/s1. The van der Waals surface area contributed by atoms with Crippen molar-refractivity contribution in [1.82, 2.24) is 24.2 Å². The summed E-state index contributed by atoms with van der Waals surface area (Å²) in [4.78, 5) is 22.7. The predicted molar refractivity (Wildman–Crippen MR) is 109 cm³/mol. The second-order valence-corrected chi connectivity index (χ2v) is 8.97. The molecule has 2 aromatic rings. The first-order valence-electron chi connectivity index (χ1n) is 9.54. The lowest BCUT2D eigenvalue weighted by atomic mass is 10.2. The van der Waals surface area contributed by atoms with Gasteiger partial charge in [-0.3, -0.25) is 14.3 Å². The minimum absolute atomic E-state index is 0.00108. The van der Waals surface area contributed by atoms with E-state index in [-0.39, 0.29) is 30.2 Å². The molecule has 1 saturated heterocycles. The number of H-pyrrole nitrogens is 1. The van der Waals surface area contributed by atoms with Gasteiger partial charge in [-0.05, 0) is 27.7 Å². The van der Waals surface area contributed by atoms with Gasteiger partial charge in [0.2, 0.25) is 5.95 Å². The van der Waals surface area contributed by atoms with Crippen molar-refractivity contribution in [1.29, 1.82) is 0 Å². The minimum atomic E-state index is -1.34. The number of ether oxygens (including phenoxy) is 1. The zero-order valence-electron chi connectivity index (χ0n) is 17.3. The van der Waals surface area contributed by atoms with E-state index in [4.69, 9.17) is 19.5 Å². The summed E-state index contributed by atoms with van der Waals surface area (Å²) < 4.78 is 21.7. The average molecular weight is 428 g/mol. The summed E-state index contributed by atoms with van der Waals surface area (Å²) in [6.07, 6.45) is 0.487. The van der Waals surface area contributed by atoms with Crippen LogP contribution in [0.2, 0.25) is 0 Å². The molecular weight excluding hydrogens is 399 g/mol. The predicted octanol–water partition coefficient (Wildman–Crippen LogP) is 1.36. The first-order valence-corrected chi connectivity index (χ1v) is 10.7. The van der Waals surface area contributed by atoms with Crippen LogP contribution < -0.4 is 11.3 Å². The summed E-state index contributed by atoms with van der Waals surface area (Å²) in [5, 5.41) is 9.83. The fraction of sp³-hybridized carbons (Fsp3) is 0.706. The van der Waals surface area contributed by atoms with Crippen molar-refractivity contribution >= 4 is 25.6 Å². The Kier molecular flexibility index (Phi) is 6.87. The molecule has 162 valence electrons. The Bertz CT molecular complexity index is 879. The topological polar surface area (TPSA) is 141 Å². The number of nitrogens with one attached hydrogen (secondary N) is 1. The Morgan fingerprint density at radius 3 is 2.72 bits per heavy atom. The number of hydrogen-bond acceptors (Lipinski definition) is 9. The molecule has 1 fully saturated rings. The number of imidazole rings is 1. The Labute approximate surface area is 170 Å². The molecule has 0 spiro atoms. The van der Waals surface area contributed by atoms with E-state index >= 15 is 0 Å². The quantitative estimate of drug-likeness (QED) is 0.531. The van der Waals surface area contributed by atoms with Crippen LogP contribution in [0.1, 0.15) is 40.3 Å². The number of hydrogen-bond donors (Lipinski definition) is 3. The molecule has 12 heteroatoms. The maximum atomic E-state index is 12.0. The lowest BCUT2D eigenvalue weighted by Crippen LogP contribution is -2.36. The lowest BCUT2D eigenvalue weighted by molar-refractivity contribution is -0.0408. The van der Waals surface area contributed by atoms with Crippen molar-refractivity contribution in [3.63, 3.8) is 0 Å². The Balaban J connectivity index is 1.84. The number of nitrogens with zero attached hydrogens (tertiary/aromatic N) is 4. The molecule has 0 aromatic carbocycles. The van der Waals surface area contributed by atoms with Gasteiger partial charge in [-0.25, -0.2) is 9.65 Å². The highest BCUT2D eigenvalue weighted by atomic mass is 31.2. The maximum absolute atomic E-state index is 12.0. The number of aliphatic hydroxyl groups excluding tert-OH is 1. The van der Waals surface area contributed by atoms with E-state index in [1.807, 2.05) is 0 Å². The van der Waals surface area contributed by atoms with E-state index in [1.54, 1.807) is 11.7 Å². The molecule has 1 aliphatic heterocycles. The van der Waals surface area contributed by atoms with E-state index in [9.17, 15) is 9.90 Å². The molecule has 11 nitrogen and oxygen atoms in total. The van der Waals surface area contributed by atoms with Gasteiger partial charge in [0, 0.05) is 25.6 Å². The van der Waals surface area contributed by atoms with Crippen molar-refractivity contribution in [2.24, 2.45) is 0 Å². The number of nitrogens with two attached hydrogens (primary N) is 1. The number of aromatic nitrogens is 4. The largest absolute Gasteiger partial charge is 0.394 e. The number of rotatable bonds is 8. The van der Waals surface area contributed by atoms with Crippen molar-refractivity contribution in [2.45, 2.75) is 64.6 Å². The molecule has 0 bridgehead atoms. The molecule has 0 amide bonds. The number of aliphatic hydroxyl groups is 1. The summed E-state index contributed by atoms with van der Waals surface area (Å²) >= 11 is 0. The second kappa shape index (κ2) is 9.03. The molecule has 29 heavy (non-hydrogen) atoms. The van der Waals surface area contributed by atoms with E-state index < -0.39 is 32.5 Å². The molecule has 0 aliphatic carbocycles. The summed E-state index contributed by atoms with van der Waals surface area (Å²) in [7, 11) is 0.279. The van der Waals surface area contributed by atoms with Gasteiger partial charge in [-0.1, -0.05) is 0 Å². The molecule has 4 atom stereocenters. The zero-order chi connectivity index (χ0) is 21.3. The van der Waals surface area contributed by atoms with Crippen LogP contribution in [0.3, 0.4) is 0 Å². The van der Waals surface area contributed by atoms with Crippen LogP contribution in [0.5, 0.6) is 0 Å². The summed E-state index contributed by atoms with van der Waals surface area (Å²) in [6, 6.07) is 0.450. The number of anilines is 1. The van der Waals surface area contributed by atoms with Gasteiger partial charge in [-0.2, -0.15) is 4.98 Å². The third-order valence-electron chi connectivity index (χ3n) is 4.75. The van der Waals surface area contributed by atoms with Gasteiger partial charge in [0.1, 0.15) is 12.3 Å². The van der Waals surface area contributed by atoms with Gasteiger partial charge in [0.05, 0.1) is 19.0 Å². The number of fused-ring (bicyclic) bond motifs is 1. The molecule has 2 aromatic heterocycles. The normalized spacial score (nSPS) is 23.7. The summed E-state index contributed by atoms with van der Waals surface area (Å²) in [5.41, 5.74) is 5.77. The SMILES string of the molecule is COP(O[C@H]1C[C@H](n2cnc3c(=O)[nH]c(N)nc32)O[C@@H]1CO)N(C(C)C)C(C)C. The first kappa shape index (κ1) is 22.1. The van der Waals surface area contributed by atoms with Gasteiger partial charge in [0.25, 0.3) is 14.1 Å². The van der Waals surface area contributed by atoms with Crippen molar-refractivity contribution < 1.29 is 18.9 Å². The molecule has 4 N–H and O–H groups in total. The van der Waals surface area contributed by atoms with Crippen molar-refractivity contribution in [3.05, 3.63) is 16.7 Å².